The van der Waals surface area contributed by atoms with E-state index in [9.17, 15) is 53.1 Å². The van der Waals surface area contributed by atoms with E-state index in [1.807, 2.05) is 0 Å². The fourth-order valence-electron chi connectivity index (χ4n) is 9.83. The van der Waals surface area contributed by atoms with Gasteiger partial charge in [0.05, 0.1) is 54.7 Å². The number of halogens is 1. The first-order chi connectivity index (χ1) is 35.5. The maximum Gasteiger partial charge on any atom is 0.343 e. The van der Waals surface area contributed by atoms with Crippen LogP contribution in [0, 0.1) is 12.7 Å². The molecule has 0 spiro atoms. The Morgan fingerprint density at radius 3 is 2.28 bits per heavy atom. The van der Waals surface area contributed by atoms with Crippen LogP contribution in [0.2, 0.25) is 0 Å². The maximum atomic E-state index is 15.4. The number of aromatic nitrogens is 2. The van der Waals surface area contributed by atoms with Crippen LogP contribution in [0.15, 0.2) is 59.4 Å². The van der Waals surface area contributed by atoms with Crippen molar-refractivity contribution in [3.8, 4) is 11.4 Å². The molecule has 8 rings (SSSR count). The van der Waals surface area contributed by atoms with Crippen molar-refractivity contribution in [3.05, 3.63) is 110 Å². The smallest absolute Gasteiger partial charge is 0.343 e. The van der Waals surface area contributed by atoms with Crippen LogP contribution in [0.4, 0.5) is 4.39 Å². The standard InChI is InChI=1S/C52H56FN9O12/c1-3-52(73)33-21-38-48-31(26-62(38)50(71)32(33)27-74-51(52)72)47-35(14-13-30-28(2)34(53)22-36(60-48)46(30)47)58-40(64)17-18-54-41(65)24-57-49(70)37(20-29-10-6-4-7-11-29)59-43(67)25-56-42(66)23-55-39(63)12-8-5-9-19-61-44(68)15-16-45(61)69/h4,6-7,10-11,15-16,21-22,35,37,73H,3,5,8-9,12-14,17-20,23-27H2,1-2H3,(H,54,65)(H,55,63)(H,56,66)(H,57,70)(H,58,64)(H,59,67)/t35-,37-,52-/m0/s1. The lowest BCUT2D eigenvalue weighted by molar-refractivity contribution is -0.172. The van der Waals surface area contributed by atoms with E-state index >= 15 is 4.39 Å². The van der Waals surface area contributed by atoms with Crippen molar-refractivity contribution in [2.75, 3.05) is 32.7 Å². The van der Waals surface area contributed by atoms with Crippen LogP contribution in [0.5, 0.6) is 0 Å². The summed E-state index contributed by atoms with van der Waals surface area (Å²) >= 11 is 0. The number of carbonyl (C=O) groups excluding carboxylic acids is 9. The molecule has 388 valence electrons. The number of benzene rings is 2. The van der Waals surface area contributed by atoms with E-state index in [4.69, 9.17) is 9.72 Å². The topological polar surface area (TPSA) is 293 Å². The lowest BCUT2D eigenvalue weighted by atomic mass is 9.81. The van der Waals surface area contributed by atoms with E-state index in [1.165, 1.54) is 22.8 Å². The van der Waals surface area contributed by atoms with Gasteiger partial charge in [0.15, 0.2) is 5.60 Å². The Kier molecular flexibility index (Phi) is 15.7. The molecule has 1 aliphatic carbocycles. The van der Waals surface area contributed by atoms with E-state index in [0.717, 1.165) is 10.5 Å². The van der Waals surface area contributed by atoms with Gasteiger partial charge in [0.25, 0.3) is 17.4 Å². The molecule has 0 radical (unpaired) electrons. The summed E-state index contributed by atoms with van der Waals surface area (Å²) in [5.74, 6) is -5.57. The number of ether oxygens (including phenoxy) is 1. The first-order valence-corrected chi connectivity index (χ1v) is 24.5. The second-order valence-electron chi connectivity index (χ2n) is 18.6. The fraction of sp³-hybridized carbons (Fsp3) is 0.404. The minimum Gasteiger partial charge on any atom is -0.458 e. The van der Waals surface area contributed by atoms with E-state index in [-0.39, 0.29) is 74.9 Å². The molecule has 5 heterocycles. The number of nitrogens with zero attached hydrogens (tertiary/aromatic N) is 3. The maximum absolute atomic E-state index is 15.4. The molecule has 0 saturated carbocycles. The summed E-state index contributed by atoms with van der Waals surface area (Å²) in [5, 5.41) is 27.7. The molecule has 3 aliphatic heterocycles. The average molecular weight is 1020 g/mol. The zero-order chi connectivity index (χ0) is 52.8. The zero-order valence-electron chi connectivity index (χ0n) is 40.8. The van der Waals surface area contributed by atoms with Crippen molar-refractivity contribution in [1.29, 1.82) is 0 Å². The van der Waals surface area contributed by atoms with Crippen LogP contribution >= 0.6 is 0 Å². The SMILES string of the molecule is CC[C@@]1(O)C(=O)OCc2c1cc1n(c2=O)Cc2c-1nc1cc(F)c(C)c3c1c2[C@@H](NC(=O)CCNC(=O)CNC(=O)[C@H](Cc1ccccc1)NC(=O)CNC(=O)CNC(=O)CCCCCN1C(=O)C=CC1=O)CC3. The number of hydrogen-bond acceptors (Lipinski definition) is 13. The lowest BCUT2D eigenvalue weighted by Gasteiger charge is -2.31. The number of carbonyl (C=O) groups is 9. The summed E-state index contributed by atoms with van der Waals surface area (Å²) in [6, 6.07) is 9.91. The van der Waals surface area contributed by atoms with Gasteiger partial charge in [-0.2, -0.15) is 0 Å². The predicted octanol–water partition coefficient (Wildman–Crippen LogP) is 0.698. The van der Waals surface area contributed by atoms with Crippen molar-refractivity contribution in [2.24, 2.45) is 0 Å². The van der Waals surface area contributed by atoms with Crippen LogP contribution in [0.25, 0.3) is 22.3 Å². The minimum atomic E-state index is -2.05. The Labute approximate surface area is 423 Å². The Balaban J connectivity index is 0.824. The Hall–Kier alpha value is -8.14. The Morgan fingerprint density at radius 2 is 1.54 bits per heavy atom. The quantitative estimate of drug-likeness (QED) is 0.0303. The first-order valence-electron chi connectivity index (χ1n) is 24.5. The van der Waals surface area contributed by atoms with Gasteiger partial charge < -0.3 is 46.3 Å². The highest BCUT2D eigenvalue weighted by Crippen LogP contribution is 2.46. The molecule has 22 heteroatoms. The number of cyclic esters (lactones) is 1. The molecule has 3 atom stereocenters. The fourth-order valence-corrected chi connectivity index (χ4v) is 9.83. The number of aryl methyl sites for hydroxylation is 1. The van der Waals surface area contributed by atoms with Crippen LogP contribution in [0.3, 0.4) is 0 Å². The van der Waals surface area contributed by atoms with Crippen molar-refractivity contribution < 1.29 is 57.4 Å². The number of pyridine rings is 2. The van der Waals surface area contributed by atoms with Crippen molar-refractivity contribution in [3.63, 3.8) is 0 Å². The van der Waals surface area contributed by atoms with Gasteiger partial charge in [-0.05, 0) is 67.3 Å². The molecule has 0 unspecified atom stereocenters. The molecular formula is C52H56FN9O12. The van der Waals surface area contributed by atoms with Gasteiger partial charge in [-0.3, -0.25) is 48.1 Å². The molecule has 4 aliphatic rings. The number of rotatable bonds is 21. The van der Waals surface area contributed by atoms with Gasteiger partial charge in [-0.15, -0.1) is 0 Å². The largest absolute Gasteiger partial charge is 0.458 e. The number of esters is 1. The summed E-state index contributed by atoms with van der Waals surface area (Å²) in [6.45, 7) is 1.74. The molecule has 2 aromatic heterocycles. The third-order valence-corrected chi connectivity index (χ3v) is 13.8. The number of unbranched alkanes of at least 4 members (excludes halogenated alkanes) is 2. The Morgan fingerprint density at radius 1 is 0.838 bits per heavy atom. The molecule has 0 bridgehead atoms. The van der Waals surface area contributed by atoms with Crippen molar-refractivity contribution in [1.82, 2.24) is 46.4 Å². The number of imide groups is 1. The monoisotopic (exact) mass is 1020 g/mol. The van der Waals surface area contributed by atoms with Crippen LogP contribution in [-0.2, 0) is 79.5 Å². The van der Waals surface area contributed by atoms with E-state index in [0.29, 0.717) is 76.6 Å². The second-order valence-corrected chi connectivity index (χ2v) is 18.6. The average Bonchev–Trinajstić information content (AvgIpc) is 3.95. The van der Waals surface area contributed by atoms with E-state index < -0.39 is 90.1 Å². The van der Waals surface area contributed by atoms with E-state index in [2.05, 4.69) is 31.9 Å². The van der Waals surface area contributed by atoms with Crippen molar-refractivity contribution in [2.45, 2.75) is 102 Å². The molecular weight excluding hydrogens is 962 g/mol. The number of amides is 8. The third kappa shape index (κ3) is 11.1. The van der Waals surface area contributed by atoms with Gasteiger partial charge in [-0.25, -0.2) is 14.2 Å². The molecule has 21 nitrogen and oxygen atoms in total. The van der Waals surface area contributed by atoms with Gasteiger partial charge in [0.2, 0.25) is 35.4 Å². The summed E-state index contributed by atoms with van der Waals surface area (Å²) in [7, 11) is 0. The molecule has 0 saturated heterocycles. The normalized spacial score (nSPS) is 17.4. The highest BCUT2D eigenvalue weighted by Gasteiger charge is 2.46. The third-order valence-electron chi connectivity index (χ3n) is 13.8. The molecule has 7 N–H and O–H groups in total. The highest BCUT2D eigenvalue weighted by atomic mass is 19.1. The lowest BCUT2D eigenvalue weighted by Crippen LogP contribution is -2.52. The predicted molar refractivity (Wildman–Crippen MR) is 261 cm³/mol. The van der Waals surface area contributed by atoms with Crippen LogP contribution in [-0.4, -0.2) is 112 Å². The van der Waals surface area contributed by atoms with Crippen molar-refractivity contribution >= 4 is 64.1 Å². The molecule has 8 amide bonds. The minimum absolute atomic E-state index is 0.0436. The summed E-state index contributed by atoms with van der Waals surface area (Å²) in [4.78, 5) is 134. The van der Waals surface area contributed by atoms with Gasteiger partial charge in [0, 0.05) is 67.1 Å². The number of nitrogens with one attached hydrogen (secondary N) is 6. The van der Waals surface area contributed by atoms with Gasteiger partial charge in [-0.1, -0.05) is 43.7 Å². The summed E-state index contributed by atoms with van der Waals surface area (Å²) < 4.78 is 22.1. The molecule has 74 heavy (non-hydrogen) atoms. The Bertz CT molecular complexity index is 3070. The van der Waals surface area contributed by atoms with Crippen LogP contribution < -0.4 is 37.5 Å². The summed E-state index contributed by atoms with van der Waals surface area (Å²) in [5.41, 5.74) is 1.94. The molecule has 0 fully saturated rings. The first kappa shape index (κ1) is 52.2. The number of fused-ring (bicyclic) bond motifs is 5. The second kappa shape index (κ2) is 22.3. The number of hydrogen-bond donors (Lipinski definition) is 7. The molecule has 4 aromatic rings. The summed E-state index contributed by atoms with van der Waals surface area (Å²) in [6.07, 6.45) is 4.71. The van der Waals surface area contributed by atoms with Gasteiger partial charge in [0.1, 0.15) is 18.5 Å². The van der Waals surface area contributed by atoms with E-state index in [1.54, 1.807) is 50.2 Å². The molecule has 2 aromatic carbocycles. The van der Waals surface area contributed by atoms with Gasteiger partial charge >= 0.3 is 5.97 Å². The zero-order valence-corrected chi connectivity index (χ0v) is 40.8. The van der Waals surface area contributed by atoms with Crippen LogP contribution in [0.1, 0.15) is 96.9 Å². The highest BCUT2D eigenvalue weighted by molar-refractivity contribution is 6.12. The number of aliphatic hydroxyl groups is 1.